The van der Waals surface area contributed by atoms with Crippen LogP contribution in [-0.4, -0.2) is 50.1 Å². The lowest BCUT2D eigenvalue weighted by Gasteiger charge is -2.23. The number of hydrogen-bond donors (Lipinski definition) is 2. The first kappa shape index (κ1) is 15.4. The van der Waals surface area contributed by atoms with Gasteiger partial charge in [0.05, 0.1) is 0 Å². The number of piperidine rings is 1. The van der Waals surface area contributed by atoms with E-state index in [0.29, 0.717) is 12.5 Å². The number of nitrogens with zero attached hydrogens (tertiary/aromatic N) is 1. The van der Waals surface area contributed by atoms with Gasteiger partial charge in [0.25, 0.3) is 0 Å². The highest BCUT2D eigenvalue weighted by molar-refractivity contribution is 5.76. The van der Waals surface area contributed by atoms with E-state index in [1.54, 1.807) is 0 Å². The Morgan fingerprint density at radius 3 is 2.83 bits per heavy atom. The van der Waals surface area contributed by atoms with Crippen molar-refractivity contribution in [1.29, 1.82) is 0 Å². The summed E-state index contributed by atoms with van der Waals surface area (Å²) in [6.07, 6.45) is 6.46. The normalized spacial score (nSPS) is 21.9. The van der Waals surface area contributed by atoms with Crippen LogP contribution in [0.1, 0.15) is 45.4 Å². The summed E-state index contributed by atoms with van der Waals surface area (Å²) in [6, 6.07) is 0.834. The maximum atomic E-state index is 11.8. The molecule has 0 radical (unpaired) electrons. The van der Waals surface area contributed by atoms with Crippen molar-refractivity contribution in [2.75, 3.05) is 27.2 Å². The van der Waals surface area contributed by atoms with Crippen molar-refractivity contribution in [1.82, 2.24) is 15.5 Å². The molecular weight excluding hydrogens is 226 g/mol. The van der Waals surface area contributed by atoms with Crippen LogP contribution in [0.4, 0.5) is 0 Å². The minimum absolute atomic E-state index is 0.202. The number of rotatable bonds is 7. The standard InChI is InChI=1S/C14H29N3O/c1-12(9-11-17(2)3)16-14(18)8-7-13-6-4-5-10-15-13/h12-13,15H,4-11H2,1-3H3,(H,16,18). The molecule has 1 amide bonds. The third kappa shape index (κ3) is 6.97. The number of nitrogens with one attached hydrogen (secondary N) is 2. The molecule has 0 bridgehead atoms. The molecule has 0 aliphatic carbocycles. The molecule has 106 valence electrons. The van der Waals surface area contributed by atoms with Crippen LogP contribution in [0.3, 0.4) is 0 Å². The van der Waals surface area contributed by atoms with E-state index in [2.05, 4.69) is 36.6 Å². The monoisotopic (exact) mass is 255 g/mol. The topological polar surface area (TPSA) is 44.4 Å². The molecule has 0 aromatic heterocycles. The minimum Gasteiger partial charge on any atom is -0.354 e. The molecule has 0 spiro atoms. The highest BCUT2D eigenvalue weighted by Gasteiger charge is 2.14. The lowest BCUT2D eigenvalue weighted by atomic mass is 10.0. The summed E-state index contributed by atoms with van der Waals surface area (Å²) in [5, 5.41) is 6.56. The van der Waals surface area contributed by atoms with E-state index in [9.17, 15) is 4.79 Å². The van der Waals surface area contributed by atoms with Gasteiger partial charge in [0.1, 0.15) is 0 Å². The summed E-state index contributed by atoms with van der Waals surface area (Å²) in [6.45, 7) is 4.22. The molecule has 1 aliphatic rings. The van der Waals surface area contributed by atoms with Gasteiger partial charge in [0, 0.05) is 18.5 Å². The summed E-state index contributed by atoms with van der Waals surface area (Å²) in [5.41, 5.74) is 0. The average molecular weight is 255 g/mol. The van der Waals surface area contributed by atoms with Gasteiger partial charge in [-0.15, -0.1) is 0 Å². The van der Waals surface area contributed by atoms with E-state index in [4.69, 9.17) is 0 Å². The fraction of sp³-hybridized carbons (Fsp3) is 0.929. The summed E-state index contributed by atoms with van der Waals surface area (Å²) < 4.78 is 0. The zero-order chi connectivity index (χ0) is 13.4. The molecule has 1 aliphatic heterocycles. The third-order valence-corrected chi connectivity index (χ3v) is 3.55. The Labute approximate surface area is 111 Å². The van der Waals surface area contributed by atoms with E-state index in [1.165, 1.54) is 19.3 Å². The van der Waals surface area contributed by atoms with E-state index >= 15 is 0 Å². The van der Waals surface area contributed by atoms with E-state index in [0.717, 1.165) is 25.9 Å². The molecule has 2 atom stereocenters. The molecule has 0 aromatic rings. The van der Waals surface area contributed by atoms with Crippen molar-refractivity contribution >= 4 is 5.91 Å². The number of carbonyl (C=O) groups is 1. The van der Waals surface area contributed by atoms with Crippen molar-refractivity contribution in [3.8, 4) is 0 Å². The highest BCUT2D eigenvalue weighted by Crippen LogP contribution is 2.11. The summed E-state index contributed by atoms with van der Waals surface area (Å²) in [4.78, 5) is 13.9. The van der Waals surface area contributed by atoms with Crippen molar-refractivity contribution in [3.63, 3.8) is 0 Å². The quantitative estimate of drug-likeness (QED) is 0.722. The van der Waals surface area contributed by atoms with Crippen LogP contribution in [0.15, 0.2) is 0 Å². The highest BCUT2D eigenvalue weighted by atomic mass is 16.1. The number of carbonyl (C=O) groups excluding carboxylic acids is 1. The second-order valence-electron chi connectivity index (χ2n) is 5.75. The van der Waals surface area contributed by atoms with Gasteiger partial charge in [-0.3, -0.25) is 4.79 Å². The van der Waals surface area contributed by atoms with E-state index in [1.807, 2.05) is 0 Å². The largest absolute Gasteiger partial charge is 0.354 e. The molecule has 2 unspecified atom stereocenters. The Morgan fingerprint density at radius 1 is 1.44 bits per heavy atom. The molecule has 4 heteroatoms. The molecule has 4 nitrogen and oxygen atoms in total. The van der Waals surface area contributed by atoms with Gasteiger partial charge in [-0.25, -0.2) is 0 Å². The maximum Gasteiger partial charge on any atom is 0.220 e. The van der Waals surface area contributed by atoms with E-state index < -0.39 is 0 Å². The van der Waals surface area contributed by atoms with Gasteiger partial charge in [0.2, 0.25) is 5.91 Å². The Hall–Kier alpha value is -0.610. The molecular formula is C14H29N3O. The van der Waals surface area contributed by atoms with Gasteiger partial charge in [-0.1, -0.05) is 6.42 Å². The lowest BCUT2D eigenvalue weighted by Crippen LogP contribution is -2.38. The van der Waals surface area contributed by atoms with Gasteiger partial charge in [-0.2, -0.15) is 0 Å². The first-order chi connectivity index (χ1) is 8.58. The van der Waals surface area contributed by atoms with Crippen molar-refractivity contribution in [2.45, 2.75) is 57.5 Å². The maximum absolute atomic E-state index is 11.8. The fourth-order valence-electron chi connectivity index (χ4n) is 2.35. The second kappa shape index (κ2) is 8.48. The van der Waals surface area contributed by atoms with Crippen molar-refractivity contribution in [2.24, 2.45) is 0 Å². The van der Waals surface area contributed by atoms with Crippen LogP contribution in [0.2, 0.25) is 0 Å². The molecule has 2 N–H and O–H groups in total. The van der Waals surface area contributed by atoms with Crippen LogP contribution in [-0.2, 0) is 4.79 Å². The molecule has 1 rings (SSSR count). The van der Waals surface area contributed by atoms with Crippen LogP contribution >= 0.6 is 0 Å². The zero-order valence-corrected chi connectivity index (χ0v) is 12.2. The summed E-state index contributed by atoms with van der Waals surface area (Å²) >= 11 is 0. The van der Waals surface area contributed by atoms with E-state index in [-0.39, 0.29) is 11.9 Å². The fourth-order valence-corrected chi connectivity index (χ4v) is 2.35. The van der Waals surface area contributed by atoms with Crippen LogP contribution < -0.4 is 10.6 Å². The van der Waals surface area contributed by atoms with Crippen molar-refractivity contribution < 1.29 is 4.79 Å². The first-order valence-electron chi connectivity index (χ1n) is 7.25. The van der Waals surface area contributed by atoms with Gasteiger partial charge < -0.3 is 15.5 Å². The number of hydrogen-bond acceptors (Lipinski definition) is 3. The Kier molecular flexibility index (Phi) is 7.28. The molecule has 0 saturated carbocycles. The van der Waals surface area contributed by atoms with Crippen LogP contribution in [0, 0.1) is 0 Å². The average Bonchev–Trinajstić information content (AvgIpc) is 2.35. The summed E-state index contributed by atoms with van der Waals surface area (Å²) in [7, 11) is 4.12. The van der Waals surface area contributed by atoms with Crippen molar-refractivity contribution in [3.05, 3.63) is 0 Å². The Morgan fingerprint density at radius 2 is 2.22 bits per heavy atom. The molecule has 1 saturated heterocycles. The van der Waals surface area contributed by atoms with Gasteiger partial charge in [-0.05, 0) is 59.8 Å². The number of amides is 1. The predicted molar refractivity (Wildman–Crippen MR) is 75.7 cm³/mol. The Balaban J connectivity index is 2.08. The van der Waals surface area contributed by atoms with Crippen LogP contribution in [0.5, 0.6) is 0 Å². The molecule has 18 heavy (non-hydrogen) atoms. The second-order valence-corrected chi connectivity index (χ2v) is 5.75. The zero-order valence-electron chi connectivity index (χ0n) is 12.2. The summed E-state index contributed by atoms with van der Waals surface area (Å²) in [5.74, 6) is 0.202. The SMILES string of the molecule is CC(CCN(C)C)NC(=O)CCC1CCCCN1. The van der Waals surface area contributed by atoms with Gasteiger partial charge in [0.15, 0.2) is 0 Å². The Bertz CT molecular complexity index is 237. The lowest BCUT2D eigenvalue weighted by molar-refractivity contribution is -0.122. The molecule has 0 aromatic carbocycles. The first-order valence-corrected chi connectivity index (χ1v) is 7.25. The van der Waals surface area contributed by atoms with Gasteiger partial charge >= 0.3 is 0 Å². The molecule has 1 heterocycles. The third-order valence-electron chi connectivity index (χ3n) is 3.55. The smallest absolute Gasteiger partial charge is 0.220 e. The molecule has 1 fully saturated rings. The minimum atomic E-state index is 0.202. The van der Waals surface area contributed by atoms with Crippen LogP contribution in [0.25, 0.3) is 0 Å². The predicted octanol–water partition coefficient (Wildman–Crippen LogP) is 1.37.